The number of benzene rings is 3. The molecule has 0 aliphatic heterocycles. The van der Waals surface area contributed by atoms with Crippen LogP contribution in [-0.4, -0.2) is 5.11 Å². The second-order valence-electron chi connectivity index (χ2n) is 5.77. The zero-order valence-electron chi connectivity index (χ0n) is 13.3. The van der Waals surface area contributed by atoms with Crippen LogP contribution in [0.15, 0.2) is 68.3 Å². The molecule has 130 valence electrons. The topological polar surface area (TPSA) is 59.7 Å². The molecule has 4 nitrogen and oxygen atoms in total. The second kappa shape index (κ2) is 6.46. The van der Waals surface area contributed by atoms with E-state index in [1.54, 1.807) is 36.4 Å². The van der Waals surface area contributed by atoms with Gasteiger partial charge in [0.2, 0.25) is 5.43 Å². The van der Waals surface area contributed by atoms with Crippen molar-refractivity contribution < 1.29 is 18.7 Å². The maximum absolute atomic E-state index is 13.9. The third-order valence-electron chi connectivity index (χ3n) is 4.04. The summed E-state index contributed by atoms with van der Waals surface area (Å²) in [5.74, 6) is -0.369. The molecule has 0 fully saturated rings. The van der Waals surface area contributed by atoms with Gasteiger partial charge in [-0.1, -0.05) is 34.1 Å². The minimum absolute atomic E-state index is 0.0259. The SMILES string of the molecule is O=c1c2ccccc2oc2cc(OCc3ccc(Br)cc3F)cc(O)c12. The lowest BCUT2D eigenvalue weighted by Gasteiger charge is -2.10. The highest BCUT2D eigenvalue weighted by Gasteiger charge is 2.14. The van der Waals surface area contributed by atoms with E-state index in [0.29, 0.717) is 21.0 Å². The van der Waals surface area contributed by atoms with Gasteiger partial charge in [0.1, 0.15) is 40.5 Å². The summed E-state index contributed by atoms with van der Waals surface area (Å²) >= 11 is 3.20. The highest BCUT2D eigenvalue weighted by Crippen LogP contribution is 2.31. The Bertz CT molecular complexity index is 1200. The van der Waals surface area contributed by atoms with Crippen molar-refractivity contribution in [3.05, 3.63) is 80.7 Å². The first-order valence-electron chi connectivity index (χ1n) is 7.78. The van der Waals surface area contributed by atoms with Gasteiger partial charge < -0.3 is 14.3 Å². The van der Waals surface area contributed by atoms with Crippen molar-refractivity contribution in [3.8, 4) is 11.5 Å². The molecule has 1 aromatic heterocycles. The van der Waals surface area contributed by atoms with Gasteiger partial charge in [0.05, 0.1) is 5.39 Å². The van der Waals surface area contributed by atoms with E-state index in [4.69, 9.17) is 9.15 Å². The molecule has 3 aromatic carbocycles. The average Bonchev–Trinajstić information content (AvgIpc) is 2.61. The standard InChI is InChI=1S/C20H12BrFO4/c21-12-6-5-11(15(22)7-12)10-25-13-8-16(23)19-18(9-13)26-17-4-2-1-3-14(17)20(19)24/h1-9,23H,10H2. The summed E-state index contributed by atoms with van der Waals surface area (Å²) in [6.45, 7) is -0.0259. The number of halogens is 2. The number of phenolic OH excluding ortho intramolecular Hbond substituents is 1. The summed E-state index contributed by atoms with van der Waals surface area (Å²) in [5, 5.41) is 10.7. The Morgan fingerprint density at radius 3 is 2.69 bits per heavy atom. The van der Waals surface area contributed by atoms with Gasteiger partial charge in [-0.05, 0) is 24.3 Å². The highest BCUT2D eigenvalue weighted by atomic mass is 79.9. The van der Waals surface area contributed by atoms with Gasteiger partial charge >= 0.3 is 0 Å². The van der Waals surface area contributed by atoms with Crippen LogP contribution >= 0.6 is 15.9 Å². The minimum atomic E-state index is -0.401. The number of ether oxygens (including phenoxy) is 1. The average molecular weight is 415 g/mol. The Hall–Kier alpha value is -2.86. The summed E-state index contributed by atoms with van der Waals surface area (Å²) in [6.07, 6.45) is 0. The van der Waals surface area contributed by atoms with E-state index in [1.165, 1.54) is 18.2 Å². The summed E-state index contributed by atoms with van der Waals surface area (Å²) in [5.41, 5.74) is 0.679. The molecule has 26 heavy (non-hydrogen) atoms. The van der Waals surface area contributed by atoms with Crippen molar-refractivity contribution in [2.45, 2.75) is 6.61 Å². The molecule has 0 amide bonds. The smallest absolute Gasteiger partial charge is 0.204 e. The van der Waals surface area contributed by atoms with Gasteiger partial charge in [0, 0.05) is 22.2 Å². The van der Waals surface area contributed by atoms with Crippen molar-refractivity contribution >= 4 is 37.9 Å². The lowest BCUT2D eigenvalue weighted by atomic mass is 10.1. The van der Waals surface area contributed by atoms with Crippen molar-refractivity contribution in [3.63, 3.8) is 0 Å². The largest absolute Gasteiger partial charge is 0.507 e. The van der Waals surface area contributed by atoms with E-state index < -0.39 is 5.82 Å². The van der Waals surface area contributed by atoms with Crippen molar-refractivity contribution in [2.75, 3.05) is 0 Å². The van der Waals surface area contributed by atoms with Gasteiger partial charge in [-0.25, -0.2) is 4.39 Å². The predicted octanol–water partition coefficient (Wildman–Crippen LogP) is 5.13. The van der Waals surface area contributed by atoms with Crippen LogP contribution in [0.4, 0.5) is 4.39 Å². The molecule has 4 aromatic rings. The molecule has 0 unspecified atom stereocenters. The third kappa shape index (κ3) is 2.93. The van der Waals surface area contributed by atoms with Crippen LogP contribution in [0.3, 0.4) is 0 Å². The molecule has 0 aliphatic carbocycles. The van der Waals surface area contributed by atoms with Gasteiger partial charge in [-0.3, -0.25) is 4.79 Å². The fourth-order valence-electron chi connectivity index (χ4n) is 2.76. The summed E-state index contributed by atoms with van der Waals surface area (Å²) in [4.78, 5) is 12.6. The Kier molecular flexibility index (Phi) is 4.12. The molecule has 0 radical (unpaired) electrons. The number of phenols is 1. The van der Waals surface area contributed by atoms with Crippen LogP contribution < -0.4 is 10.2 Å². The maximum Gasteiger partial charge on any atom is 0.204 e. The first-order valence-corrected chi connectivity index (χ1v) is 8.57. The third-order valence-corrected chi connectivity index (χ3v) is 4.54. The molecule has 0 saturated carbocycles. The number of para-hydroxylation sites is 1. The zero-order valence-corrected chi connectivity index (χ0v) is 14.9. The zero-order chi connectivity index (χ0) is 18.3. The summed E-state index contributed by atoms with van der Waals surface area (Å²) in [7, 11) is 0. The fraction of sp³-hybridized carbons (Fsp3) is 0.0500. The van der Waals surface area contributed by atoms with Gasteiger partial charge in [0.15, 0.2) is 0 Å². The van der Waals surface area contributed by atoms with Crippen molar-refractivity contribution in [1.82, 2.24) is 0 Å². The van der Waals surface area contributed by atoms with E-state index >= 15 is 0 Å². The quantitative estimate of drug-likeness (QED) is 0.472. The van der Waals surface area contributed by atoms with E-state index in [-0.39, 0.29) is 34.5 Å². The molecule has 0 bridgehead atoms. The van der Waals surface area contributed by atoms with Crippen LogP contribution in [-0.2, 0) is 6.61 Å². The summed E-state index contributed by atoms with van der Waals surface area (Å²) in [6, 6.07) is 14.3. The first-order chi connectivity index (χ1) is 12.5. The van der Waals surface area contributed by atoms with Crippen LogP contribution in [0.1, 0.15) is 5.56 Å². The molecule has 4 rings (SSSR count). The number of aromatic hydroxyl groups is 1. The molecule has 0 aliphatic rings. The summed E-state index contributed by atoms with van der Waals surface area (Å²) < 4.78 is 25.8. The van der Waals surface area contributed by atoms with Crippen molar-refractivity contribution in [1.29, 1.82) is 0 Å². The number of fused-ring (bicyclic) bond motifs is 2. The Labute approximate surface area is 155 Å². The maximum atomic E-state index is 13.9. The minimum Gasteiger partial charge on any atom is -0.507 e. The lowest BCUT2D eigenvalue weighted by Crippen LogP contribution is -2.03. The number of hydrogen-bond acceptors (Lipinski definition) is 4. The second-order valence-corrected chi connectivity index (χ2v) is 6.68. The molecule has 6 heteroatoms. The Balaban J connectivity index is 1.75. The fourth-order valence-corrected chi connectivity index (χ4v) is 3.10. The molecule has 1 N–H and O–H groups in total. The number of hydrogen-bond donors (Lipinski definition) is 1. The Morgan fingerprint density at radius 1 is 1.08 bits per heavy atom. The highest BCUT2D eigenvalue weighted by molar-refractivity contribution is 9.10. The van der Waals surface area contributed by atoms with Gasteiger partial charge in [-0.2, -0.15) is 0 Å². The number of rotatable bonds is 3. The predicted molar refractivity (Wildman–Crippen MR) is 100 cm³/mol. The molecule has 0 saturated heterocycles. The molecule has 0 spiro atoms. The van der Waals surface area contributed by atoms with Gasteiger partial charge in [0.25, 0.3) is 0 Å². The normalized spacial score (nSPS) is 11.2. The van der Waals surface area contributed by atoms with Crippen LogP contribution in [0.2, 0.25) is 0 Å². The van der Waals surface area contributed by atoms with Gasteiger partial charge in [-0.15, -0.1) is 0 Å². The molecular weight excluding hydrogens is 403 g/mol. The lowest BCUT2D eigenvalue weighted by molar-refractivity contribution is 0.298. The first kappa shape index (κ1) is 16.6. The van der Waals surface area contributed by atoms with E-state index in [2.05, 4.69) is 15.9 Å². The molecule has 0 atom stereocenters. The monoisotopic (exact) mass is 414 g/mol. The van der Waals surface area contributed by atoms with Crippen LogP contribution in [0, 0.1) is 5.82 Å². The Morgan fingerprint density at radius 2 is 1.88 bits per heavy atom. The van der Waals surface area contributed by atoms with Crippen LogP contribution in [0.25, 0.3) is 21.9 Å². The molecular formula is C20H12BrFO4. The molecule has 1 heterocycles. The van der Waals surface area contributed by atoms with E-state index in [0.717, 1.165) is 0 Å². The van der Waals surface area contributed by atoms with Crippen molar-refractivity contribution in [2.24, 2.45) is 0 Å². The van der Waals surface area contributed by atoms with Crippen LogP contribution in [0.5, 0.6) is 11.5 Å². The van der Waals surface area contributed by atoms with E-state index in [9.17, 15) is 14.3 Å². The van der Waals surface area contributed by atoms with E-state index in [1.807, 2.05) is 0 Å².